The van der Waals surface area contributed by atoms with Crippen molar-refractivity contribution in [2.75, 3.05) is 13.2 Å². The molecule has 0 bridgehead atoms. The Morgan fingerprint density at radius 1 is 1.40 bits per heavy atom. The minimum atomic E-state index is -3.01. The third-order valence-electron chi connectivity index (χ3n) is 1.77. The molecule has 0 aromatic carbocycles. The highest BCUT2D eigenvalue weighted by Gasteiger charge is 2.25. The maximum Gasteiger partial charge on any atom is 0.336 e. The van der Waals surface area contributed by atoms with Gasteiger partial charge in [-0.05, 0) is 26.8 Å². The van der Waals surface area contributed by atoms with Gasteiger partial charge in [0.25, 0.3) is 0 Å². The van der Waals surface area contributed by atoms with Gasteiger partial charge in [-0.15, -0.1) is 0 Å². The van der Waals surface area contributed by atoms with Gasteiger partial charge in [0.05, 0.1) is 25.1 Å². The highest BCUT2D eigenvalue weighted by molar-refractivity contribution is 7.53. The summed E-state index contributed by atoms with van der Waals surface area (Å²) in [5.41, 5.74) is 1.64. The zero-order valence-corrected chi connectivity index (χ0v) is 10.2. The molecule has 0 spiro atoms. The fraction of sp³-hybridized carbons (Fsp3) is 0.667. The lowest BCUT2D eigenvalue weighted by Crippen LogP contribution is -1.99. The van der Waals surface area contributed by atoms with Crippen molar-refractivity contribution in [1.29, 1.82) is 0 Å². The molecule has 1 rings (SSSR count). The Morgan fingerprint density at radius 3 is 2.40 bits per heavy atom. The molecule has 1 heterocycles. The first-order valence-corrected chi connectivity index (χ1v) is 6.71. The van der Waals surface area contributed by atoms with Gasteiger partial charge in [0, 0.05) is 5.69 Å². The number of hydrogen-bond donors (Lipinski definition) is 1. The number of nitrogens with zero attached hydrogens (tertiary/aromatic N) is 1. The van der Waals surface area contributed by atoms with E-state index in [2.05, 4.69) is 10.2 Å². The number of H-pyrrole nitrogens is 1. The molecule has 0 unspecified atom stereocenters. The van der Waals surface area contributed by atoms with Crippen molar-refractivity contribution in [2.45, 2.75) is 26.9 Å². The Hall–Kier alpha value is -0.640. The van der Waals surface area contributed by atoms with Gasteiger partial charge in [0.15, 0.2) is 0 Å². The van der Waals surface area contributed by atoms with Crippen molar-refractivity contribution in [3.63, 3.8) is 0 Å². The molecule has 0 saturated heterocycles. The zero-order valence-electron chi connectivity index (χ0n) is 9.32. The number of rotatable bonds is 6. The predicted molar refractivity (Wildman–Crippen MR) is 57.9 cm³/mol. The number of aryl methyl sites for hydroxylation is 1. The Kier molecular flexibility index (Phi) is 4.51. The van der Waals surface area contributed by atoms with E-state index in [9.17, 15) is 4.57 Å². The van der Waals surface area contributed by atoms with Crippen LogP contribution in [0.2, 0.25) is 0 Å². The van der Waals surface area contributed by atoms with Crippen LogP contribution in [-0.4, -0.2) is 23.4 Å². The SMILES string of the molecule is CCOP(=O)(Cc1cc(C)[nH]n1)OCC. The predicted octanol–water partition coefficient (Wildman–Crippen LogP) is 2.48. The van der Waals surface area contributed by atoms with Gasteiger partial charge in [-0.25, -0.2) is 0 Å². The molecule has 0 amide bonds. The molecule has 0 atom stereocenters. The molecule has 1 aromatic heterocycles. The van der Waals surface area contributed by atoms with Crippen molar-refractivity contribution < 1.29 is 13.6 Å². The van der Waals surface area contributed by atoms with E-state index >= 15 is 0 Å². The number of aromatic nitrogens is 2. The molecular weight excluding hydrogens is 215 g/mol. The molecule has 0 fully saturated rings. The minimum Gasteiger partial charge on any atom is -0.309 e. The summed E-state index contributed by atoms with van der Waals surface area (Å²) in [7, 11) is -3.01. The van der Waals surface area contributed by atoms with Gasteiger partial charge in [-0.2, -0.15) is 5.10 Å². The first-order valence-electron chi connectivity index (χ1n) is 4.98. The molecule has 0 saturated carbocycles. The van der Waals surface area contributed by atoms with Crippen molar-refractivity contribution in [1.82, 2.24) is 10.2 Å². The number of hydrogen-bond acceptors (Lipinski definition) is 4. The van der Waals surface area contributed by atoms with E-state index in [1.165, 1.54) is 0 Å². The second-order valence-corrected chi connectivity index (χ2v) is 5.20. The smallest absolute Gasteiger partial charge is 0.309 e. The monoisotopic (exact) mass is 232 g/mol. The summed E-state index contributed by atoms with van der Waals surface area (Å²) >= 11 is 0. The summed E-state index contributed by atoms with van der Waals surface area (Å²) in [6.07, 6.45) is 0.221. The molecule has 6 heteroatoms. The normalized spacial score (nSPS) is 11.9. The number of aromatic amines is 1. The molecular formula is C9H17N2O3P. The summed E-state index contributed by atoms with van der Waals surface area (Å²) in [5, 5.41) is 6.80. The van der Waals surface area contributed by atoms with Crippen LogP contribution >= 0.6 is 7.60 Å². The third-order valence-corrected chi connectivity index (χ3v) is 3.78. The molecule has 0 aliphatic heterocycles. The van der Waals surface area contributed by atoms with Crippen molar-refractivity contribution in [3.8, 4) is 0 Å². The maximum atomic E-state index is 12.1. The van der Waals surface area contributed by atoms with Gasteiger partial charge >= 0.3 is 7.60 Å². The first kappa shape index (κ1) is 12.4. The van der Waals surface area contributed by atoms with Crippen molar-refractivity contribution >= 4 is 7.60 Å². The van der Waals surface area contributed by atoms with Crippen LogP contribution in [0.4, 0.5) is 0 Å². The lowest BCUT2D eigenvalue weighted by Gasteiger charge is -2.15. The highest BCUT2D eigenvalue weighted by atomic mass is 31.2. The summed E-state index contributed by atoms with van der Waals surface area (Å²) in [6.45, 7) is 6.23. The largest absolute Gasteiger partial charge is 0.336 e. The highest BCUT2D eigenvalue weighted by Crippen LogP contribution is 2.50. The lowest BCUT2D eigenvalue weighted by molar-refractivity contribution is 0.219. The van der Waals surface area contributed by atoms with E-state index in [1.807, 2.05) is 13.0 Å². The van der Waals surface area contributed by atoms with Crippen LogP contribution in [0.25, 0.3) is 0 Å². The van der Waals surface area contributed by atoms with E-state index in [0.29, 0.717) is 18.9 Å². The summed E-state index contributed by atoms with van der Waals surface area (Å²) < 4.78 is 22.4. The van der Waals surface area contributed by atoms with Crippen LogP contribution < -0.4 is 0 Å². The second kappa shape index (κ2) is 5.45. The summed E-state index contributed by atoms with van der Waals surface area (Å²) in [4.78, 5) is 0. The summed E-state index contributed by atoms with van der Waals surface area (Å²) in [6, 6.07) is 1.84. The second-order valence-electron chi connectivity index (χ2n) is 3.15. The zero-order chi connectivity index (χ0) is 11.3. The Morgan fingerprint density at radius 2 is 2.00 bits per heavy atom. The van der Waals surface area contributed by atoms with Crippen LogP contribution in [-0.2, 0) is 19.8 Å². The van der Waals surface area contributed by atoms with Crippen molar-refractivity contribution in [2.24, 2.45) is 0 Å². The standard InChI is InChI=1S/C9H17N2O3P/c1-4-13-15(12,14-5-2)7-9-6-8(3)10-11-9/h6H,4-5,7H2,1-3H3,(H,10,11). The fourth-order valence-electron chi connectivity index (χ4n) is 1.28. The van der Waals surface area contributed by atoms with Gasteiger partial charge in [0.1, 0.15) is 0 Å². The van der Waals surface area contributed by atoms with E-state index in [-0.39, 0.29) is 6.16 Å². The summed E-state index contributed by atoms with van der Waals surface area (Å²) in [5.74, 6) is 0. The minimum absolute atomic E-state index is 0.221. The molecule has 0 aliphatic carbocycles. The van der Waals surface area contributed by atoms with Crippen LogP contribution in [0.1, 0.15) is 25.2 Å². The topological polar surface area (TPSA) is 64.2 Å². The van der Waals surface area contributed by atoms with Gasteiger partial charge in [-0.3, -0.25) is 9.66 Å². The molecule has 0 aliphatic rings. The first-order chi connectivity index (χ1) is 7.09. The fourth-order valence-corrected chi connectivity index (χ4v) is 2.88. The quantitative estimate of drug-likeness (QED) is 0.765. The molecule has 0 radical (unpaired) electrons. The van der Waals surface area contributed by atoms with Crippen LogP contribution in [0.3, 0.4) is 0 Å². The lowest BCUT2D eigenvalue weighted by atomic mass is 10.4. The Labute approximate surface area is 89.7 Å². The third kappa shape index (κ3) is 3.78. The molecule has 5 nitrogen and oxygen atoms in total. The maximum absolute atomic E-state index is 12.1. The van der Waals surface area contributed by atoms with Crippen LogP contribution in [0.15, 0.2) is 6.07 Å². The van der Waals surface area contributed by atoms with Gasteiger partial charge in [0.2, 0.25) is 0 Å². The van der Waals surface area contributed by atoms with E-state index in [4.69, 9.17) is 9.05 Å². The van der Waals surface area contributed by atoms with Crippen LogP contribution in [0, 0.1) is 6.92 Å². The average molecular weight is 232 g/mol. The molecule has 15 heavy (non-hydrogen) atoms. The van der Waals surface area contributed by atoms with Crippen LogP contribution in [0.5, 0.6) is 0 Å². The van der Waals surface area contributed by atoms with Gasteiger partial charge in [-0.1, -0.05) is 0 Å². The number of nitrogens with one attached hydrogen (secondary N) is 1. The van der Waals surface area contributed by atoms with E-state index in [1.54, 1.807) is 13.8 Å². The van der Waals surface area contributed by atoms with E-state index in [0.717, 1.165) is 5.69 Å². The Balaban J connectivity index is 2.70. The van der Waals surface area contributed by atoms with E-state index < -0.39 is 7.60 Å². The molecule has 1 aromatic rings. The molecule has 1 N–H and O–H groups in total. The van der Waals surface area contributed by atoms with Gasteiger partial charge < -0.3 is 9.05 Å². The molecule has 86 valence electrons. The van der Waals surface area contributed by atoms with Crippen molar-refractivity contribution in [3.05, 3.63) is 17.5 Å². The Bertz CT molecular complexity index is 341. The average Bonchev–Trinajstić information content (AvgIpc) is 2.51.